The highest BCUT2D eigenvalue weighted by Gasteiger charge is 2.40. The number of benzene rings is 1. The van der Waals surface area contributed by atoms with Gasteiger partial charge < -0.3 is 15.0 Å². The van der Waals surface area contributed by atoms with E-state index in [0.717, 1.165) is 41.6 Å². The number of methoxy groups -OCH3 is 1. The molecule has 1 atom stereocenters. The number of carbonyl (C=O) groups is 1. The maximum atomic E-state index is 12.8. The molecule has 2 rings (SSSR count). The molecule has 1 aliphatic rings. The third-order valence-corrected chi connectivity index (χ3v) is 4.75. The maximum absolute atomic E-state index is 12.8. The van der Waals surface area contributed by atoms with Crippen LogP contribution in [0, 0.1) is 0 Å². The number of hydrogen-bond donors (Lipinski definition) is 1. The molecule has 4 nitrogen and oxygen atoms in total. The summed E-state index contributed by atoms with van der Waals surface area (Å²) in [5.41, 5.74) is 0.626. The molecule has 0 bridgehead atoms. The Morgan fingerprint density at radius 3 is 2.86 bits per heavy atom. The Hall–Kier alpha value is -1.07. The largest absolute Gasteiger partial charge is 0.496 e. The zero-order valence-corrected chi connectivity index (χ0v) is 14.5. The van der Waals surface area contributed by atoms with Crippen LogP contribution in [0.15, 0.2) is 22.7 Å². The first-order chi connectivity index (χ1) is 10.0. The molecule has 1 saturated heterocycles. The summed E-state index contributed by atoms with van der Waals surface area (Å²) in [4.78, 5) is 14.6. The first-order valence-corrected chi connectivity index (χ1v) is 8.14. The Bertz CT molecular complexity index is 513. The molecule has 0 saturated carbocycles. The fraction of sp³-hybridized carbons (Fsp3) is 0.562. The van der Waals surface area contributed by atoms with E-state index >= 15 is 0 Å². The Balaban J connectivity index is 2.15. The van der Waals surface area contributed by atoms with E-state index in [1.807, 2.05) is 25.2 Å². The lowest BCUT2D eigenvalue weighted by molar-refractivity contribution is -0.137. The molecule has 1 heterocycles. The van der Waals surface area contributed by atoms with Crippen molar-refractivity contribution >= 4 is 21.8 Å². The van der Waals surface area contributed by atoms with Gasteiger partial charge in [-0.3, -0.25) is 4.79 Å². The number of hydrogen-bond acceptors (Lipinski definition) is 3. The minimum Gasteiger partial charge on any atom is -0.496 e. The van der Waals surface area contributed by atoms with Crippen LogP contribution in [-0.2, 0) is 11.3 Å². The second-order valence-electron chi connectivity index (χ2n) is 5.58. The van der Waals surface area contributed by atoms with Crippen molar-refractivity contribution in [3.63, 3.8) is 0 Å². The Morgan fingerprint density at radius 2 is 2.29 bits per heavy atom. The molecule has 1 fully saturated rings. The van der Waals surface area contributed by atoms with Gasteiger partial charge in [-0.25, -0.2) is 0 Å². The van der Waals surface area contributed by atoms with E-state index in [4.69, 9.17) is 4.74 Å². The van der Waals surface area contributed by atoms with Crippen molar-refractivity contribution in [2.75, 3.05) is 20.7 Å². The predicted octanol–water partition coefficient (Wildman–Crippen LogP) is 2.95. The van der Waals surface area contributed by atoms with E-state index in [2.05, 4.69) is 28.2 Å². The number of carbonyl (C=O) groups excluding carboxylic acids is 1. The summed E-state index contributed by atoms with van der Waals surface area (Å²) in [5, 5.41) is 3.39. The summed E-state index contributed by atoms with van der Waals surface area (Å²) in [6.45, 7) is 3.54. The number of halogens is 1. The third-order valence-electron chi connectivity index (χ3n) is 4.25. The quantitative estimate of drug-likeness (QED) is 0.883. The van der Waals surface area contributed by atoms with Gasteiger partial charge >= 0.3 is 0 Å². The zero-order chi connectivity index (χ0) is 15.5. The first kappa shape index (κ1) is 16.3. The van der Waals surface area contributed by atoms with Crippen LogP contribution in [0.4, 0.5) is 0 Å². The number of rotatable bonds is 5. The molecule has 0 spiro atoms. The van der Waals surface area contributed by atoms with Crippen molar-refractivity contribution in [3.05, 3.63) is 28.2 Å². The molecule has 1 N–H and O–H groups in total. The Labute approximate surface area is 135 Å². The molecule has 0 aromatic heterocycles. The molecule has 21 heavy (non-hydrogen) atoms. The molecule has 1 amide bonds. The molecular formula is C16H23BrN2O2. The summed E-state index contributed by atoms with van der Waals surface area (Å²) in [6.07, 6.45) is 2.81. The standard InChI is InChI=1S/C16H23BrN2O2/c1-4-16(8-5-9-18-16)15(20)19(2)11-12-10-13(17)6-7-14(12)21-3/h6-7,10,18H,4-5,8-9,11H2,1-3H3. The minimum atomic E-state index is -0.381. The van der Waals surface area contributed by atoms with Gasteiger partial charge in [-0.05, 0) is 44.0 Å². The lowest BCUT2D eigenvalue weighted by atomic mass is 9.92. The van der Waals surface area contributed by atoms with Crippen LogP contribution in [0.2, 0.25) is 0 Å². The summed E-state index contributed by atoms with van der Waals surface area (Å²) in [5.74, 6) is 0.979. The van der Waals surface area contributed by atoms with Crippen LogP contribution >= 0.6 is 15.9 Å². The van der Waals surface area contributed by atoms with Crippen LogP contribution in [0.1, 0.15) is 31.7 Å². The average molecular weight is 355 g/mol. The molecule has 1 aromatic carbocycles. The number of likely N-dealkylation sites (N-methyl/N-ethyl adjacent to an activating group) is 1. The number of nitrogens with one attached hydrogen (secondary N) is 1. The van der Waals surface area contributed by atoms with Gasteiger partial charge in [0.1, 0.15) is 5.75 Å². The summed E-state index contributed by atoms with van der Waals surface area (Å²) in [6, 6.07) is 5.86. The highest BCUT2D eigenvalue weighted by molar-refractivity contribution is 9.10. The lowest BCUT2D eigenvalue weighted by Gasteiger charge is -2.32. The molecular weight excluding hydrogens is 332 g/mol. The summed E-state index contributed by atoms with van der Waals surface area (Å²) >= 11 is 3.47. The van der Waals surface area contributed by atoms with Gasteiger partial charge in [0.25, 0.3) is 0 Å². The highest BCUT2D eigenvalue weighted by atomic mass is 79.9. The molecule has 1 aromatic rings. The van der Waals surface area contributed by atoms with Crippen LogP contribution in [0.3, 0.4) is 0 Å². The molecule has 0 radical (unpaired) electrons. The molecule has 1 unspecified atom stereocenters. The van der Waals surface area contributed by atoms with E-state index < -0.39 is 0 Å². The zero-order valence-electron chi connectivity index (χ0n) is 12.9. The number of amides is 1. The second-order valence-corrected chi connectivity index (χ2v) is 6.50. The van der Waals surface area contributed by atoms with Gasteiger partial charge in [-0.15, -0.1) is 0 Å². The Kier molecular flexibility index (Phi) is 5.27. The van der Waals surface area contributed by atoms with Crippen molar-refractivity contribution in [2.45, 2.75) is 38.3 Å². The third kappa shape index (κ3) is 3.40. The number of ether oxygens (including phenoxy) is 1. The Morgan fingerprint density at radius 1 is 1.52 bits per heavy atom. The SMILES string of the molecule is CCC1(C(=O)N(C)Cc2cc(Br)ccc2OC)CCCN1. The second kappa shape index (κ2) is 6.79. The van der Waals surface area contributed by atoms with Crippen molar-refractivity contribution in [1.82, 2.24) is 10.2 Å². The van der Waals surface area contributed by atoms with E-state index in [0.29, 0.717) is 6.54 Å². The van der Waals surface area contributed by atoms with Crippen LogP contribution < -0.4 is 10.1 Å². The summed E-state index contributed by atoms with van der Waals surface area (Å²) < 4.78 is 6.37. The monoisotopic (exact) mass is 354 g/mol. The van der Waals surface area contributed by atoms with Crippen molar-refractivity contribution in [2.24, 2.45) is 0 Å². The lowest BCUT2D eigenvalue weighted by Crippen LogP contribution is -2.53. The van der Waals surface area contributed by atoms with Crippen molar-refractivity contribution < 1.29 is 9.53 Å². The van der Waals surface area contributed by atoms with Crippen LogP contribution in [0.25, 0.3) is 0 Å². The molecule has 1 aliphatic heterocycles. The van der Waals surface area contributed by atoms with E-state index in [1.165, 1.54) is 0 Å². The first-order valence-electron chi connectivity index (χ1n) is 7.35. The number of nitrogens with zero attached hydrogens (tertiary/aromatic N) is 1. The van der Waals surface area contributed by atoms with Gasteiger partial charge in [0.2, 0.25) is 5.91 Å². The highest BCUT2D eigenvalue weighted by Crippen LogP contribution is 2.28. The van der Waals surface area contributed by atoms with Gasteiger partial charge in [0, 0.05) is 23.6 Å². The fourth-order valence-corrected chi connectivity index (χ4v) is 3.41. The summed E-state index contributed by atoms with van der Waals surface area (Å²) in [7, 11) is 3.51. The average Bonchev–Trinajstić information content (AvgIpc) is 2.96. The topological polar surface area (TPSA) is 41.6 Å². The van der Waals surface area contributed by atoms with Crippen molar-refractivity contribution in [3.8, 4) is 5.75 Å². The van der Waals surface area contributed by atoms with Gasteiger partial charge in [-0.1, -0.05) is 22.9 Å². The van der Waals surface area contributed by atoms with Crippen LogP contribution in [-0.4, -0.2) is 37.0 Å². The van der Waals surface area contributed by atoms with E-state index in [9.17, 15) is 4.79 Å². The molecule has 0 aliphatic carbocycles. The van der Waals surface area contributed by atoms with Crippen molar-refractivity contribution in [1.29, 1.82) is 0 Å². The van der Waals surface area contributed by atoms with E-state index in [-0.39, 0.29) is 11.4 Å². The van der Waals surface area contributed by atoms with Crippen LogP contribution in [0.5, 0.6) is 5.75 Å². The fourth-order valence-electron chi connectivity index (χ4n) is 3.01. The predicted molar refractivity (Wildman–Crippen MR) is 87.4 cm³/mol. The smallest absolute Gasteiger partial charge is 0.242 e. The van der Waals surface area contributed by atoms with Gasteiger partial charge in [0.15, 0.2) is 0 Å². The normalized spacial score (nSPS) is 21.3. The minimum absolute atomic E-state index is 0.171. The molecule has 5 heteroatoms. The molecule has 116 valence electrons. The van der Waals surface area contributed by atoms with Gasteiger partial charge in [-0.2, -0.15) is 0 Å². The maximum Gasteiger partial charge on any atom is 0.242 e. The van der Waals surface area contributed by atoms with E-state index in [1.54, 1.807) is 12.0 Å². The van der Waals surface area contributed by atoms with Gasteiger partial charge in [0.05, 0.1) is 12.6 Å².